The van der Waals surface area contributed by atoms with E-state index < -0.39 is 6.10 Å². The number of nitrogens with zero attached hydrogens (tertiary/aromatic N) is 2. The number of rotatable bonds is 7. The Balaban J connectivity index is 1.98. The molecule has 2 N–H and O–H groups in total. The van der Waals surface area contributed by atoms with E-state index in [2.05, 4.69) is 14.9 Å². The molecule has 5 nitrogen and oxygen atoms in total. The summed E-state index contributed by atoms with van der Waals surface area (Å²) >= 11 is 0. The van der Waals surface area contributed by atoms with Gasteiger partial charge in [-0.25, -0.2) is 4.98 Å². The largest absolute Gasteiger partial charge is 0.390 e. The van der Waals surface area contributed by atoms with Gasteiger partial charge >= 0.3 is 0 Å². The van der Waals surface area contributed by atoms with Crippen LogP contribution in [0.2, 0.25) is 0 Å². The molecule has 0 amide bonds. The lowest BCUT2D eigenvalue weighted by Crippen LogP contribution is -2.32. The molecule has 0 saturated carbocycles. The van der Waals surface area contributed by atoms with Gasteiger partial charge in [-0.3, -0.25) is 0 Å². The fourth-order valence-electron chi connectivity index (χ4n) is 2.14. The van der Waals surface area contributed by atoms with Crippen LogP contribution in [0.1, 0.15) is 5.82 Å². The van der Waals surface area contributed by atoms with E-state index in [0.717, 1.165) is 23.4 Å². The van der Waals surface area contributed by atoms with E-state index >= 15 is 0 Å². The Hall–Kier alpha value is -1.43. The summed E-state index contributed by atoms with van der Waals surface area (Å²) in [6, 6.07) is 7.98. The van der Waals surface area contributed by atoms with Gasteiger partial charge in [0.1, 0.15) is 5.82 Å². The highest BCUT2D eigenvalue weighted by Crippen LogP contribution is 2.15. The molecule has 104 valence electrons. The maximum absolute atomic E-state index is 10.1. The summed E-state index contributed by atoms with van der Waals surface area (Å²) in [6.45, 7) is 4.46. The second kappa shape index (κ2) is 6.65. The van der Waals surface area contributed by atoms with Gasteiger partial charge in [-0.1, -0.05) is 12.1 Å². The minimum absolute atomic E-state index is 0.437. The molecule has 0 aliphatic rings. The van der Waals surface area contributed by atoms with Gasteiger partial charge in [0.2, 0.25) is 0 Å². The number of ether oxygens (including phenoxy) is 1. The maximum atomic E-state index is 10.1. The van der Waals surface area contributed by atoms with Crippen LogP contribution in [0.15, 0.2) is 24.3 Å². The number of methoxy groups -OCH3 is 1. The van der Waals surface area contributed by atoms with Crippen molar-refractivity contribution in [1.29, 1.82) is 0 Å². The maximum Gasteiger partial charge on any atom is 0.106 e. The predicted molar refractivity (Wildman–Crippen MR) is 75.2 cm³/mol. The van der Waals surface area contributed by atoms with Gasteiger partial charge in [0.15, 0.2) is 0 Å². The minimum atomic E-state index is -0.437. The van der Waals surface area contributed by atoms with Crippen molar-refractivity contribution in [3.8, 4) is 0 Å². The van der Waals surface area contributed by atoms with Gasteiger partial charge in [0.25, 0.3) is 0 Å². The van der Waals surface area contributed by atoms with Gasteiger partial charge in [-0.05, 0) is 19.1 Å². The Morgan fingerprint density at radius 1 is 1.42 bits per heavy atom. The zero-order chi connectivity index (χ0) is 13.7. The highest BCUT2D eigenvalue weighted by atomic mass is 16.5. The smallest absolute Gasteiger partial charge is 0.106 e. The second-order valence-electron chi connectivity index (χ2n) is 4.61. The van der Waals surface area contributed by atoms with Crippen LogP contribution < -0.4 is 5.32 Å². The molecule has 1 aromatic heterocycles. The quantitative estimate of drug-likeness (QED) is 0.730. The molecule has 0 saturated heterocycles. The van der Waals surface area contributed by atoms with Gasteiger partial charge < -0.3 is 19.7 Å². The monoisotopic (exact) mass is 263 g/mol. The highest BCUT2D eigenvalue weighted by Gasteiger charge is 2.11. The van der Waals surface area contributed by atoms with E-state index in [1.54, 1.807) is 7.11 Å². The third-order valence-corrected chi connectivity index (χ3v) is 3.10. The summed E-state index contributed by atoms with van der Waals surface area (Å²) < 4.78 is 7.00. The van der Waals surface area contributed by atoms with Crippen molar-refractivity contribution in [3.63, 3.8) is 0 Å². The Bertz CT molecular complexity index is 524. The molecule has 1 aromatic carbocycles. The summed E-state index contributed by atoms with van der Waals surface area (Å²) in [5, 5.41) is 13.2. The van der Waals surface area contributed by atoms with Crippen molar-refractivity contribution in [2.24, 2.45) is 0 Å². The molecule has 0 bridgehead atoms. The first-order valence-electron chi connectivity index (χ1n) is 6.52. The van der Waals surface area contributed by atoms with E-state index in [1.165, 1.54) is 0 Å². The van der Waals surface area contributed by atoms with Crippen LogP contribution in [0.4, 0.5) is 0 Å². The van der Waals surface area contributed by atoms with E-state index in [1.807, 2.05) is 31.2 Å². The van der Waals surface area contributed by atoms with Crippen molar-refractivity contribution >= 4 is 11.0 Å². The zero-order valence-electron chi connectivity index (χ0n) is 11.5. The third kappa shape index (κ3) is 3.53. The number of aliphatic hydroxyl groups is 1. The summed E-state index contributed by atoms with van der Waals surface area (Å²) in [6.07, 6.45) is -0.437. The Kier molecular flexibility index (Phi) is 4.90. The number of aryl methyl sites for hydroxylation is 1. The van der Waals surface area contributed by atoms with Crippen molar-refractivity contribution < 1.29 is 9.84 Å². The molecule has 0 aliphatic heterocycles. The first-order valence-corrected chi connectivity index (χ1v) is 6.52. The van der Waals surface area contributed by atoms with Crippen LogP contribution in [0.3, 0.4) is 0 Å². The molecule has 1 unspecified atom stereocenters. The molecular formula is C14H21N3O2. The van der Waals surface area contributed by atoms with Crippen molar-refractivity contribution in [2.75, 3.05) is 26.8 Å². The van der Waals surface area contributed by atoms with Crippen LogP contribution in [-0.4, -0.2) is 47.6 Å². The molecule has 0 fully saturated rings. The van der Waals surface area contributed by atoms with E-state index in [4.69, 9.17) is 4.74 Å². The number of imidazole rings is 1. The number of nitrogens with one attached hydrogen (secondary N) is 1. The van der Waals surface area contributed by atoms with Crippen LogP contribution in [0.5, 0.6) is 0 Å². The summed E-state index contributed by atoms with van der Waals surface area (Å²) in [7, 11) is 1.67. The normalized spacial score (nSPS) is 13.0. The Labute approximate surface area is 113 Å². The summed E-state index contributed by atoms with van der Waals surface area (Å²) in [5.41, 5.74) is 2.04. The number of aromatic nitrogens is 2. The molecule has 1 atom stereocenters. The van der Waals surface area contributed by atoms with Crippen LogP contribution in [0, 0.1) is 6.92 Å². The summed E-state index contributed by atoms with van der Waals surface area (Å²) in [5.74, 6) is 0.928. The fraction of sp³-hybridized carbons (Fsp3) is 0.500. The number of benzene rings is 1. The summed E-state index contributed by atoms with van der Waals surface area (Å²) in [4.78, 5) is 4.49. The molecule has 2 rings (SSSR count). The lowest BCUT2D eigenvalue weighted by molar-refractivity contribution is 0.144. The first kappa shape index (κ1) is 14.0. The molecule has 19 heavy (non-hydrogen) atoms. The van der Waals surface area contributed by atoms with Crippen molar-refractivity contribution in [3.05, 3.63) is 30.1 Å². The Morgan fingerprint density at radius 3 is 3.00 bits per heavy atom. The molecule has 5 heteroatoms. The van der Waals surface area contributed by atoms with Gasteiger partial charge in [0.05, 0.1) is 30.3 Å². The molecule has 2 aromatic rings. The number of hydrogen-bond donors (Lipinski definition) is 2. The van der Waals surface area contributed by atoms with Crippen molar-refractivity contribution in [1.82, 2.24) is 14.9 Å². The number of hydrogen-bond acceptors (Lipinski definition) is 4. The van der Waals surface area contributed by atoms with Crippen LogP contribution in [-0.2, 0) is 11.3 Å². The van der Waals surface area contributed by atoms with E-state index in [9.17, 15) is 5.11 Å². The minimum Gasteiger partial charge on any atom is -0.390 e. The molecule has 0 aliphatic carbocycles. The predicted octanol–water partition coefficient (Wildman–Crippen LogP) is 0.942. The van der Waals surface area contributed by atoms with Gasteiger partial charge in [-0.2, -0.15) is 0 Å². The average molecular weight is 263 g/mol. The topological polar surface area (TPSA) is 59.3 Å². The first-order chi connectivity index (χ1) is 9.22. The third-order valence-electron chi connectivity index (χ3n) is 3.10. The van der Waals surface area contributed by atoms with E-state index in [0.29, 0.717) is 19.7 Å². The lowest BCUT2D eigenvalue weighted by atomic mass is 10.3. The Morgan fingerprint density at radius 2 is 2.21 bits per heavy atom. The molecular weight excluding hydrogens is 242 g/mol. The van der Waals surface area contributed by atoms with Gasteiger partial charge in [0, 0.05) is 20.2 Å². The highest BCUT2D eigenvalue weighted by molar-refractivity contribution is 5.75. The molecule has 0 spiro atoms. The lowest BCUT2D eigenvalue weighted by Gasteiger charge is -2.14. The van der Waals surface area contributed by atoms with E-state index in [-0.39, 0.29) is 0 Å². The standard InChI is InChI=1S/C14H21N3O2/c1-11-16-13-5-3-4-6-14(13)17(11)10-12(18)9-15-7-8-19-2/h3-6,12,15,18H,7-10H2,1-2H3. The van der Waals surface area contributed by atoms with Gasteiger partial charge in [-0.15, -0.1) is 0 Å². The zero-order valence-corrected chi connectivity index (χ0v) is 11.5. The second-order valence-corrected chi connectivity index (χ2v) is 4.61. The number of fused-ring (bicyclic) bond motifs is 1. The number of aliphatic hydroxyl groups excluding tert-OH is 1. The number of para-hydroxylation sites is 2. The average Bonchev–Trinajstić information content (AvgIpc) is 2.72. The van der Waals surface area contributed by atoms with Crippen LogP contribution in [0.25, 0.3) is 11.0 Å². The SMILES string of the molecule is COCCNCC(O)Cn1c(C)nc2ccccc21. The van der Waals surface area contributed by atoms with Crippen LogP contribution >= 0.6 is 0 Å². The van der Waals surface area contributed by atoms with Crippen molar-refractivity contribution in [2.45, 2.75) is 19.6 Å². The fourth-order valence-corrected chi connectivity index (χ4v) is 2.14. The molecule has 1 heterocycles. The molecule has 0 radical (unpaired) electrons.